The van der Waals surface area contributed by atoms with Gasteiger partial charge in [-0.2, -0.15) is 5.10 Å². The molecule has 0 N–H and O–H groups in total. The molecule has 0 aliphatic carbocycles. The largest absolute Gasteiger partial charge is 0.346 e. The Balaban J connectivity index is 1.77. The van der Waals surface area contributed by atoms with Gasteiger partial charge in [0.1, 0.15) is 5.69 Å². The van der Waals surface area contributed by atoms with Crippen LogP contribution >= 0.6 is 0 Å². The predicted octanol–water partition coefficient (Wildman–Crippen LogP) is 0.962. The van der Waals surface area contributed by atoms with E-state index in [-0.39, 0.29) is 5.91 Å². The van der Waals surface area contributed by atoms with Crippen molar-refractivity contribution < 1.29 is 14.3 Å². The van der Waals surface area contributed by atoms with Crippen LogP contribution in [0.15, 0.2) is 6.07 Å². The summed E-state index contributed by atoms with van der Waals surface area (Å²) in [5, 5.41) is 4.34. The van der Waals surface area contributed by atoms with Gasteiger partial charge < -0.3 is 14.4 Å². The summed E-state index contributed by atoms with van der Waals surface area (Å²) in [4.78, 5) is 14.5. The number of carbonyl (C=O) groups excluding carboxylic acids is 1. The Hall–Kier alpha value is -1.40. The van der Waals surface area contributed by atoms with Crippen LogP contribution in [0.3, 0.4) is 0 Å². The maximum atomic E-state index is 12.6. The Morgan fingerprint density at radius 3 is 2.85 bits per heavy atom. The molecule has 2 aliphatic rings. The van der Waals surface area contributed by atoms with E-state index in [1.807, 2.05) is 24.9 Å². The lowest BCUT2D eigenvalue weighted by Crippen LogP contribution is -2.51. The van der Waals surface area contributed by atoms with Crippen LogP contribution in [0.2, 0.25) is 0 Å². The summed E-state index contributed by atoms with van der Waals surface area (Å²) >= 11 is 0. The summed E-state index contributed by atoms with van der Waals surface area (Å²) in [6.07, 6.45) is 2.60. The van der Waals surface area contributed by atoms with Crippen molar-refractivity contribution in [2.24, 2.45) is 7.05 Å². The van der Waals surface area contributed by atoms with Gasteiger partial charge in [-0.05, 0) is 18.9 Å². The molecule has 110 valence electrons. The number of hydrogen-bond donors (Lipinski definition) is 0. The molecule has 20 heavy (non-hydrogen) atoms. The molecule has 0 bridgehead atoms. The smallest absolute Gasteiger partial charge is 0.272 e. The van der Waals surface area contributed by atoms with Gasteiger partial charge in [0.2, 0.25) is 0 Å². The summed E-state index contributed by atoms with van der Waals surface area (Å²) in [7, 11) is 1.81. The highest BCUT2D eigenvalue weighted by Gasteiger charge is 2.42. The standard InChI is InChI=1S/C14H21N3O3/c1-3-11-9-12(16(2)15-11)13(18)17-6-4-5-14(10-17)19-7-8-20-14/h9H,3-8,10H2,1-2H3. The van der Waals surface area contributed by atoms with E-state index in [2.05, 4.69) is 5.10 Å². The second-order valence-electron chi connectivity index (χ2n) is 5.44. The number of likely N-dealkylation sites (tertiary alicyclic amines) is 1. The highest BCUT2D eigenvalue weighted by molar-refractivity contribution is 5.92. The number of carbonyl (C=O) groups is 1. The molecule has 0 atom stereocenters. The van der Waals surface area contributed by atoms with Crippen LogP contribution in [0.25, 0.3) is 0 Å². The molecule has 1 amide bonds. The van der Waals surface area contributed by atoms with Crippen LogP contribution in [0.1, 0.15) is 35.9 Å². The number of piperidine rings is 1. The minimum atomic E-state index is -0.569. The van der Waals surface area contributed by atoms with Crippen molar-refractivity contribution in [2.45, 2.75) is 32.0 Å². The molecule has 1 aromatic rings. The Morgan fingerprint density at radius 2 is 2.20 bits per heavy atom. The van der Waals surface area contributed by atoms with Crippen LogP contribution in [0.5, 0.6) is 0 Å². The van der Waals surface area contributed by atoms with Crippen LogP contribution in [0, 0.1) is 0 Å². The van der Waals surface area contributed by atoms with Crippen molar-refractivity contribution in [3.63, 3.8) is 0 Å². The molecule has 6 nitrogen and oxygen atoms in total. The third kappa shape index (κ3) is 2.33. The van der Waals surface area contributed by atoms with Crippen molar-refractivity contribution in [3.8, 4) is 0 Å². The fraction of sp³-hybridized carbons (Fsp3) is 0.714. The third-order valence-corrected chi connectivity index (χ3v) is 4.03. The molecule has 1 aromatic heterocycles. The number of nitrogens with zero attached hydrogens (tertiary/aromatic N) is 3. The van der Waals surface area contributed by atoms with Crippen molar-refractivity contribution in [3.05, 3.63) is 17.5 Å². The minimum Gasteiger partial charge on any atom is -0.346 e. The van der Waals surface area contributed by atoms with Gasteiger partial charge in [-0.1, -0.05) is 6.92 Å². The summed E-state index contributed by atoms with van der Waals surface area (Å²) < 4.78 is 13.1. The van der Waals surface area contributed by atoms with Gasteiger partial charge in [-0.25, -0.2) is 0 Å². The van der Waals surface area contributed by atoms with Crippen LogP contribution in [-0.4, -0.2) is 52.7 Å². The summed E-state index contributed by atoms with van der Waals surface area (Å²) in [6, 6.07) is 1.87. The quantitative estimate of drug-likeness (QED) is 0.809. The molecule has 0 radical (unpaired) electrons. The van der Waals surface area contributed by atoms with Crippen LogP contribution in [0.4, 0.5) is 0 Å². The highest BCUT2D eigenvalue weighted by atomic mass is 16.7. The normalized spacial score (nSPS) is 21.6. The van der Waals surface area contributed by atoms with Gasteiger partial charge in [0, 0.05) is 20.0 Å². The number of hydrogen-bond acceptors (Lipinski definition) is 4. The molecular formula is C14H21N3O3. The maximum absolute atomic E-state index is 12.6. The molecule has 0 unspecified atom stereocenters. The molecule has 2 fully saturated rings. The fourth-order valence-electron chi connectivity index (χ4n) is 2.96. The fourth-order valence-corrected chi connectivity index (χ4v) is 2.96. The van der Waals surface area contributed by atoms with Gasteiger partial charge >= 0.3 is 0 Å². The van der Waals surface area contributed by atoms with Gasteiger partial charge in [0.15, 0.2) is 5.79 Å². The first-order valence-corrected chi connectivity index (χ1v) is 7.24. The molecule has 0 aromatic carbocycles. The molecule has 3 rings (SSSR count). The Bertz CT molecular complexity index is 506. The van der Waals surface area contributed by atoms with Gasteiger partial charge in [0.05, 0.1) is 25.5 Å². The van der Waals surface area contributed by atoms with Gasteiger partial charge in [-0.3, -0.25) is 9.48 Å². The first-order valence-electron chi connectivity index (χ1n) is 7.24. The van der Waals surface area contributed by atoms with Crippen molar-refractivity contribution in [1.82, 2.24) is 14.7 Å². The Labute approximate surface area is 118 Å². The van der Waals surface area contributed by atoms with E-state index in [1.165, 1.54) is 0 Å². The lowest BCUT2D eigenvalue weighted by atomic mass is 10.0. The molecule has 0 saturated carbocycles. The lowest BCUT2D eigenvalue weighted by Gasteiger charge is -2.38. The van der Waals surface area contributed by atoms with Crippen molar-refractivity contribution in [2.75, 3.05) is 26.3 Å². The van der Waals surface area contributed by atoms with Crippen LogP contribution in [-0.2, 0) is 22.9 Å². The van der Waals surface area contributed by atoms with Crippen LogP contribution < -0.4 is 0 Å². The van der Waals surface area contributed by atoms with Crippen molar-refractivity contribution in [1.29, 1.82) is 0 Å². The summed E-state index contributed by atoms with van der Waals surface area (Å²) in [5.74, 6) is -0.557. The predicted molar refractivity (Wildman–Crippen MR) is 72.4 cm³/mol. The molecule has 1 spiro atoms. The number of rotatable bonds is 2. The Kier molecular flexibility index (Phi) is 3.52. The first kappa shape index (κ1) is 13.6. The monoisotopic (exact) mass is 279 g/mol. The lowest BCUT2D eigenvalue weighted by molar-refractivity contribution is -0.183. The van der Waals surface area contributed by atoms with E-state index in [9.17, 15) is 4.79 Å². The van der Waals surface area contributed by atoms with E-state index in [0.29, 0.717) is 25.5 Å². The van der Waals surface area contributed by atoms with E-state index in [4.69, 9.17) is 9.47 Å². The number of aromatic nitrogens is 2. The Morgan fingerprint density at radius 1 is 1.45 bits per heavy atom. The number of aryl methyl sites for hydroxylation is 2. The van der Waals surface area contributed by atoms with Gasteiger partial charge in [0.25, 0.3) is 5.91 Å². The molecule has 3 heterocycles. The highest BCUT2D eigenvalue weighted by Crippen LogP contribution is 2.30. The summed E-state index contributed by atoms with van der Waals surface area (Å²) in [5.41, 5.74) is 1.58. The average Bonchev–Trinajstić information content (AvgIpc) is 3.05. The zero-order valence-corrected chi connectivity index (χ0v) is 12.1. The number of amides is 1. The SMILES string of the molecule is CCc1cc(C(=O)N2CCCC3(C2)OCCO3)n(C)n1. The maximum Gasteiger partial charge on any atom is 0.272 e. The molecule has 2 aliphatic heterocycles. The second-order valence-corrected chi connectivity index (χ2v) is 5.44. The van der Waals surface area contributed by atoms with Crippen molar-refractivity contribution >= 4 is 5.91 Å². The summed E-state index contributed by atoms with van der Waals surface area (Å²) in [6.45, 7) is 4.53. The van der Waals surface area contributed by atoms with E-state index in [0.717, 1.165) is 31.5 Å². The van der Waals surface area contributed by atoms with Gasteiger partial charge in [-0.15, -0.1) is 0 Å². The average molecular weight is 279 g/mol. The minimum absolute atomic E-state index is 0.0119. The zero-order valence-electron chi connectivity index (χ0n) is 12.1. The third-order valence-electron chi connectivity index (χ3n) is 4.03. The molecule has 2 saturated heterocycles. The zero-order chi connectivity index (χ0) is 14.2. The first-order chi connectivity index (χ1) is 9.63. The molecular weight excluding hydrogens is 258 g/mol. The van der Waals surface area contributed by atoms with E-state index in [1.54, 1.807) is 4.68 Å². The van der Waals surface area contributed by atoms with E-state index >= 15 is 0 Å². The molecule has 6 heteroatoms. The second kappa shape index (κ2) is 5.18. The number of ether oxygens (including phenoxy) is 2. The van der Waals surface area contributed by atoms with E-state index < -0.39 is 5.79 Å². The topological polar surface area (TPSA) is 56.6 Å².